The maximum absolute atomic E-state index is 5.81. The average molecular weight is 624 g/mol. The first kappa shape index (κ1) is 31.6. The van der Waals surface area contributed by atoms with Gasteiger partial charge in [0.1, 0.15) is 17.3 Å². The molecule has 4 aromatic rings. The Morgan fingerprint density at radius 1 is 0.978 bits per heavy atom. The minimum absolute atomic E-state index is 0.423. The molecule has 0 spiro atoms. The van der Waals surface area contributed by atoms with E-state index in [4.69, 9.17) is 14.7 Å². The molecule has 0 amide bonds. The van der Waals surface area contributed by atoms with Gasteiger partial charge in [-0.25, -0.2) is 4.98 Å². The third kappa shape index (κ3) is 6.74. The minimum Gasteiger partial charge on any atom is -0.479 e. The Bertz CT molecular complexity index is 1660. The first-order valence-corrected chi connectivity index (χ1v) is 16.2. The molecule has 12 nitrogen and oxygen atoms in total. The molecule has 0 saturated carbocycles. The van der Waals surface area contributed by atoms with Crippen molar-refractivity contribution in [2.24, 2.45) is 0 Å². The molecular weight excluding hydrogens is 578 g/mol. The summed E-state index contributed by atoms with van der Waals surface area (Å²) in [6, 6.07) is 6.72. The van der Waals surface area contributed by atoms with Crippen LogP contribution < -0.4 is 25.6 Å². The quantitative estimate of drug-likeness (QED) is 0.219. The number of anilines is 5. The number of piperazine rings is 1. The fourth-order valence-electron chi connectivity index (χ4n) is 6.45. The summed E-state index contributed by atoms with van der Waals surface area (Å²) in [5.74, 6) is 2.56. The van der Waals surface area contributed by atoms with E-state index < -0.39 is 0 Å². The van der Waals surface area contributed by atoms with E-state index in [1.165, 1.54) is 0 Å². The van der Waals surface area contributed by atoms with Gasteiger partial charge in [0, 0.05) is 87.3 Å². The standard InChI is InChI=1S/C34H45N11O/c1-6-23-20-29(33(46-5)42-32(23)45-14-10-25(11-15-45)44-18-16-43(4)17-19-44)40-34-38-21-24(7-2)31(41-34)39-27-8-9-28-30(26(27)22-35-3)37-13-12-36-28/h7-9,12-13,20-21,25,35H,2,6,10-11,14-19,22H2,1,3-5H3,(H2,38,39,40,41). The van der Waals surface area contributed by atoms with Crippen molar-refractivity contribution < 1.29 is 4.74 Å². The van der Waals surface area contributed by atoms with Crippen molar-refractivity contribution in [1.29, 1.82) is 0 Å². The van der Waals surface area contributed by atoms with Crippen LogP contribution in [0.2, 0.25) is 0 Å². The molecule has 2 aliphatic heterocycles. The normalized spacial score (nSPS) is 16.5. The molecule has 0 bridgehead atoms. The number of rotatable bonds is 11. The van der Waals surface area contributed by atoms with E-state index in [0.29, 0.717) is 30.2 Å². The van der Waals surface area contributed by atoms with E-state index in [1.54, 1.807) is 31.8 Å². The Kier molecular flexibility index (Phi) is 9.86. The third-order valence-electron chi connectivity index (χ3n) is 9.07. The van der Waals surface area contributed by atoms with E-state index >= 15 is 0 Å². The number of aromatic nitrogens is 5. The number of hydrogen-bond donors (Lipinski definition) is 3. The van der Waals surface area contributed by atoms with Crippen molar-refractivity contribution in [2.45, 2.75) is 38.8 Å². The highest BCUT2D eigenvalue weighted by Gasteiger charge is 2.28. The molecule has 0 aliphatic carbocycles. The average Bonchev–Trinajstić information content (AvgIpc) is 3.09. The number of piperidine rings is 1. The SMILES string of the molecule is C=Cc1cnc(Nc2cc(CC)c(N3CCC(N4CCN(C)CC4)CC3)nc2OC)nc1Nc1ccc2nccnc2c1CNC. The van der Waals surface area contributed by atoms with Gasteiger partial charge >= 0.3 is 0 Å². The lowest BCUT2D eigenvalue weighted by molar-refractivity contribution is 0.0981. The molecule has 3 N–H and O–H groups in total. The number of hydrogen-bond acceptors (Lipinski definition) is 12. The predicted octanol–water partition coefficient (Wildman–Crippen LogP) is 4.45. The van der Waals surface area contributed by atoms with Crippen LogP contribution >= 0.6 is 0 Å². The fraction of sp³-hybridized carbons (Fsp3) is 0.441. The molecule has 2 aliphatic rings. The smallest absolute Gasteiger partial charge is 0.239 e. The van der Waals surface area contributed by atoms with Crippen LogP contribution in [-0.2, 0) is 13.0 Å². The van der Waals surface area contributed by atoms with Crippen molar-refractivity contribution >= 4 is 46.1 Å². The van der Waals surface area contributed by atoms with Gasteiger partial charge in [-0.2, -0.15) is 9.97 Å². The molecule has 6 rings (SSSR count). The van der Waals surface area contributed by atoms with Crippen LogP contribution in [0.15, 0.2) is 43.4 Å². The number of methoxy groups -OCH3 is 1. The van der Waals surface area contributed by atoms with Gasteiger partial charge in [0.2, 0.25) is 11.8 Å². The number of aryl methyl sites for hydroxylation is 1. The van der Waals surface area contributed by atoms with Gasteiger partial charge < -0.3 is 30.5 Å². The van der Waals surface area contributed by atoms with Crippen molar-refractivity contribution in [3.05, 3.63) is 60.1 Å². The molecule has 0 unspecified atom stereocenters. The number of likely N-dealkylation sites (N-methyl/N-ethyl adjacent to an activating group) is 1. The highest BCUT2D eigenvalue weighted by atomic mass is 16.5. The molecule has 2 saturated heterocycles. The Hall–Kier alpha value is -4.39. The second-order valence-corrected chi connectivity index (χ2v) is 11.9. The molecule has 0 atom stereocenters. The summed E-state index contributed by atoms with van der Waals surface area (Å²) >= 11 is 0. The van der Waals surface area contributed by atoms with E-state index in [-0.39, 0.29) is 0 Å². The summed E-state index contributed by atoms with van der Waals surface area (Å²) in [6.07, 6.45) is 10.1. The van der Waals surface area contributed by atoms with Gasteiger partial charge in [-0.15, -0.1) is 0 Å². The van der Waals surface area contributed by atoms with Crippen molar-refractivity contribution in [3.8, 4) is 5.88 Å². The highest BCUT2D eigenvalue weighted by molar-refractivity contribution is 5.85. The van der Waals surface area contributed by atoms with E-state index in [9.17, 15) is 0 Å². The van der Waals surface area contributed by atoms with Gasteiger partial charge in [-0.3, -0.25) is 14.9 Å². The highest BCUT2D eigenvalue weighted by Crippen LogP contribution is 2.34. The summed E-state index contributed by atoms with van der Waals surface area (Å²) in [4.78, 5) is 31.0. The fourth-order valence-corrected chi connectivity index (χ4v) is 6.45. The van der Waals surface area contributed by atoms with Crippen LogP contribution in [-0.4, -0.2) is 101 Å². The number of nitrogens with one attached hydrogen (secondary N) is 3. The molecule has 3 aromatic heterocycles. The molecule has 0 radical (unpaired) electrons. The minimum atomic E-state index is 0.423. The molecule has 1 aromatic carbocycles. The topological polar surface area (TPSA) is 119 Å². The molecule has 5 heterocycles. The predicted molar refractivity (Wildman–Crippen MR) is 185 cm³/mol. The van der Waals surface area contributed by atoms with Crippen LogP contribution in [0.25, 0.3) is 17.1 Å². The van der Waals surface area contributed by atoms with Crippen LogP contribution in [0.4, 0.5) is 29.0 Å². The van der Waals surface area contributed by atoms with Crippen molar-refractivity contribution in [1.82, 2.24) is 40.0 Å². The van der Waals surface area contributed by atoms with Crippen LogP contribution in [0.1, 0.15) is 36.5 Å². The van der Waals surface area contributed by atoms with E-state index in [1.807, 2.05) is 19.2 Å². The first-order chi connectivity index (χ1) is 22.5. The molecule has 46 heavy (non-hydrogen) atoms. The Morgan fingerprint density at radius 2 is 1.76 bits per heavy atom. The summed E-state index contributed by atoms with van der Waals surface area (Å²) < 4.78 is 5.81. The Balaban J connectivity index is 1.23. The van der Waals surface area contributed by atoms with Gasteiger partial charge in [0.15, 0.2) is 0 Å². The maximum atomic E-state index is 5.81. The van der Waals surface area contributed by atoms with E-state index in [2.05, 4.69) is 72.2 Å². The van der Waals surface area contributed by atoms with Crippen LogP contribution in [0, 0.1) is 0 Å². The van der Waals surface area contributed by atoms with Gasteiger partial charge in [-0.05, 0) is 57.1 Å². The summed E-state index contributed by atoms with van der Waals surface area (Å²) in [6.45, 7) is 13.4. The lowest BCUT2D eigenvalue weighted by Gasteiger charge is -2.42. The second-order valence-electron chi connectivity index (χ2n) is 11.9. The molecule has 2 fully saturated rings. The molecule has 242 valence electrons. The zero-order valence-electron chi connectivity index (χ0n) is 27.4. The van der Waals surface area contributed by atoms with Gasteiger partial charge in [0.25, 0.3) is 0 Å². The summed E-state index contributed by atoms with van der Waals surface area (Å²) in [7, 11) is 5.78. The molecular formula is C34H45N11O. The number of nitrogens with zero attached hydrogens (tertiary/aromatic N) is 8. The van der Waals surface area contributed by atoms with Crippen molar-refractivity contribution in [3.63, 3.8) is 0 Å². The van der Waals surface area contributed by atoms with Gasteiger partial charge in [-0.1, -0.05) is 19.6 Å². The zero-order chi connectivity index (χ0) is 32.0. The van der Waals surface area contributed by atoms with Gasteiger partial charge in [0.05, 0.1) is 18.1 Å². The maximum Gasteiger partial charge on any atom is 0.239 e. The summed E-state index contributed by atoms with van der Waals surface area (Å²) in [5, 5.41) is 10.1. The second kappa shape index (κ2) is 14.4. The third-order valence-corrected chi connectivity index (χ3v) is 9.07. The monoisotopic (exact) mass is 623 g/mol. The lowest BCUT2D eigenvalue weighted by atomic mass is 10.0. The lowest BCUT2D eigenvalue weighted by Crippen LogP contribution is -2.52. The number of ether oxygens (including phenoxy) is 1. The van der Waals surface area contributed by atoms with Crippen LogP contribution in [0.5, 0.6) is 5.88 Å². The van der Waals surface area contributed by atoms with E-state index in [0.717, 1.165) is 103 Å². The first-order valence-electron chi connectivity index (χ1n) is 16.2. The van der Waals surface area contributed by atoms with Crippen LogP contribution in [0.3, 0.4) is 0 Å². The summed E-state index contributed by atoms with van der Waals surface area (Å²) in [5.41, 5.74) is 6.21. The van der Waals surface area contributed by atoms with Crippen molar-refractivity contribution in [2.75, 3.05) is 76.0 Å². The number of benzene rings is 1. The Labute approximate surface area is 271 Å². The Morgan fingerprint density at radius 3 is 2.48 bits per heavy atom. The zero-order valence-corrected chi connectivity index (χ0v) is 27.4. The number of pyridine rings is 1. The number of fused-ring (bicyclic) bond motifs is 1. The largest absolute Gasteiger partial charge is 0.479 e. The molecule has 12 heteroatoms.